The van der Waals surface area contributed by atoms with Crippen LogP contribution in [0, 0.1) is 0 Å². The molecule has 4 rings (SSSR count). The summed E-state index contributed by atoms with van der Waals surface area (Å²) in [5.41, 5.74) is 10.5. The molecule has 0 amide bonds. The molecule has 0 radical (unpaired) electrons. The number of halogens is 1. The number of aliphatic carboxylic acids is 1. The summed E-state index contributed by atoms with van der Waals surface area (Å²) in [6.45, 7) is 0. The van der Waals surface area contributed by atoms with Gasteiger partial charge >= 0.3 is 5.97 Å². The average molecular weight is 436 g/mol. The van der Waals surface area contributed by atoms with Crippen molar-refractivity contribution >= 4 is 18.4 Å². The van der Waals surface area contributed by atoms with Gasteiger partial charge in [-0.05, 0) is 41.7 Å². The van der Waals surface area contributed by atoms with Crippen molar-refractivity contribution in [3.8, 4) is 22.8 Å². The van der Waals surface area contributed by atoms with E-state index >= 15 is 0 Å². The quantitative estimate of drug-likeness (QED) is 0.447. The number of benzene rings is 3. The Bertz CT molecular complexity index is 1130. The molecule has 0 saturated heterocycles. The van der Waals surface area contributed by atoms with Crippen LogP contribution >= 0.6 is 12.4 Å². The predicted molar refractivity (Wildman–Crippen MR) is 121 cm³/mol. The second-order valence-corrected chi connectivity index (χ2v) is 7.13. The molecule has 0 saturated carbocycles. The van der Waals surface area contributed by atoms with Gasteiger partial charge in [0.1, 0.15) is 6.04 Å². The molecule has 0 aliphatic heterocycles. The molecule has 31 heavy (non-hydrogen) atoms. The number of carboxylic acid groups (broad SMARTS) is 1. The summed E-state index contributed by atoms with van der Waals surface area (Å²) >= 11 is 0. The van der Waals surface area contributed by atoms with Crippen molar-refractivity contribution in [1.29, 1.82) is 0 Å². The first-order valence-corrected chi connectivity index (χ1v) is 9.63. The SMILES string of the molecule is Cl.N[C@@H](Cc1ccc(-c2noc(-c3ccc(Cc4ccccc4)cc3)n2)cc1)C(=O)O. The Morgan fingerprint density at radius 1 is 0.871 bits per heavy atom. The first-order chi connectivity index (χ1) is 14.6. The zero-order chi connectivity index (χ0) is 20.9. The Morgan fingerprint density at radius 3 is 2.10 bits per heavy atom. The molecule has 0 aliphatic rings. The third-order valence-electron chi connectivity index (χ3n) is 4.86. The van der Waals surface area contributed by atoms with Crippen molar-refractivity contribution < 1.29 is 14.4 Å². The molecule has 0 aliphatic carbocycles. The summed E-state index contributed by atoms with van der Waals surface area (Å²) in [6, 6.07) is 24.8. The molecule has 0 spiro atoms. The fourth-order valence-electron chi connectivity index (χ4n) is 3.19. The van der Waals surface area contributed by atoms with Crippen LogP contribution < -0.4 is 5.73 Å². The molecule has 0 bridgehead atoms. The second kappa shape index (κ2) is 10.0. The minimum atomic E-state index is -1.02. The molecule has 4 aromatic rings. The number of nitrogens with zero attached hydrogens (tertiary/aromatic N) is 2. The van der Waals surface area contributed by atoms with Crippen molar-refractivity contribution in [2.45, 2.75) is 18.9 Å². The summed E-state index contributed by atoms with van der Waals surface area (Å²) in [6.07, 6.45) is 1.14. The Balaban J connectivity index is 0.00000272. The number of carbonyl (C=O) groups is 1. The van der Waals surface area contributed by atoms with Crippen molar-refractivity contribution in [3.63, 3.8) is 0 Å². The number of aromatic nitrogens is 2. The van der Waals surface area contributed by atoms with Crippen molar-refractivity contribution in [1.82, 2.24) is 10.1 Å². The molecule has 158 valence electrons. The van der Waals surface area contributed by atoms with Gasteiger partial charge in [0.2, 0.25) is 5.82 Å². The Morgan fingerprint density at radius 2 is 1.45 bits per heavy atom. The third-order valence-corrected chi connectivity index (χ3v) is 4.86. The molecule has 6 nitrogen and oxygen atoms in total. The van der Waals surface area contributed by atoms with E-state index in [9.17, 15) is 4.79 Å². The van der Waals surface area contributed by atoms with Crippen molar-refractivity contribution in [2.24, 2.45) is 5.73 Å². The highest BCUT2D eigenvalue weighted by Gasteiger charge is 2.14. The van der Waals surface area contributed by atoms with Crippen LogP contribution in [0.4, 0.5) is 0 Å². The highest BCUT2D eigenvalue weighted by molar-refractivity contribution is 5.85. The molecule has 3 N–H and O–H groups in total. The van der Waals surface area contributed by atoms with E-state index in [1.807, 2.05) is 54.6 Å². The molecule has 0 unspecified atom stereocenters. The predicted octanol–water partition coefficient (Wildman–Crippen LogP) is 4.37. The maximum absolute atomic E-state index is 10.9. The van der Waals surface area contributed by atoms with Gasteiger partial charge in [0.05, 0.1) is 0 Å². The molecular formula is C24H22ClN3O3. The monoisotopic (exact) mass is 435 g/mol. The van der Waals surface area contributed by atoms with Gasteiger partial charge in [0.15, 0.2) is 0 Å². The zero-order valence-electron chi connectivity index (χ0n) is 16.6. The molecule has 7 heteroatoms. The smallest absolute Gasteiger partial charge is 0.320 e. The normalized spacial score (nSPS) is 11.5. The first kappa shape index (κ1) is 22.2. The summed E-state index contributed by atoms with van der Waals surface area (Å²) in [5.74, 6) is -0.0858. The van der Waals surface area contributed by atoms with Crippen LogP contribution in [0.3, 0.4) is 0 Å². The van der Waals surface area contributed by atoms with Crippen molar-refractivity contribution in [3.05, 3.63) is 95.6 Å². The van der Waals surface area contributed by atoms with E-state index < -0.39 is 12.0 Å². The maximum Gasteiger partial charge on any atom is 0.320 e. The Hall–Kier alpha value is -3.48. The highest BCUT2D eigenvalue weighted by atomic mass is 35.5. The molecule has 1 aromatic heterocycles. The lowest BCUT2D eigenvalue weighted by Crippen LogP contribution is -2.32. The van der Waals surface area contributed by atoms with Crippen LogP contribution in [0.5, 0.6) is 0 Å². The van der Waals surface area contributed by atoms with Crippen molar-refractivity contribution in [2.75, 3.05) is 0 Å². The van der Waals surface area contributed by atoms with E-state index in [1.54, 1.807) is 0 Å². The summed E-state index contributed by atoms with van der Waals surface area (Å²) < 4.78 is 5.43. The Labute approximate surface area is 186 Å². The Kier molecular flexibility index (Phi) is 7.18. The molecular weight excluding hydrogens is 414 g/mol. The van der Waals surface area contributed by atoms with Crippen LogP contribution in [0.15, 0.2) is 83.4 Å². The molecule has 3 aromatic carbocycles. The standard InChI is InChI=1S/C24H21N3O3.ClH/c25-21(24(28)29)15-18-6-10-19(11-7-18)22-26-23(30-27-22)20-12-8-17(9-13-20)14-16-4-2-1-3-5-16;/h1-13,21H,14-15,25H2,(H,28,29);1H/t21-;/m0./s1. The van der Waals surface area contributed by atoms with Gasteiger partial charge < -0.3 is 15.4 Å². The first-order valence-electron chi connectivity index (χ1n) is 9.63. The van der Waals surface area contributed by atoms with E-state index in [0.717, 1.165) is 23.1 Å². The van der Waals surface area contributed by atoms with E-state index in [1.165, 1.54) is 11.1 Å². The summed E-state index contributed by atoms with van der Waals surface area (Å²) in [7, 11) is 0. The number of rotatable bonds is 7. The van der Waals surface area contributed by atoms with Gasteiger partial charge in [-0.15, -0.1) is 12.4 Å². The fourth-order valence-corrected chi connectivity index (χ4v) is 3.19. The summed E-state index contributed by atoms with van der Waals surface area (Å²) in [4.78, 5) is 15.4. The molecule has 1 atom stereocenters. The van der Waals surface area contributed by atoms with Gasteiger partial charge in [-0.2, -0.15) is 4.98 Å². The molecule has 1 heterocycles. The average Bonchev–Trinajstić information content (AvgIpc) is 3.26. The maximum atomic E-state index is 10.9. The second-order valence-electron chi connectivity index (χ2n) is 7.13. The van der Waals surface area contributed by atoms with Gasteiger partial charge in [0, 0.05) is 11.1 Å². The third kappa shape index (κ3) is 5.57. The van der Waals surface area contributed by atoms with Crippen LogP contribution in [0.1, 0.15) is 16.7 Å². The number of nitrogens with two attached hydrogens (primary N) is 1. The fraction of sp³-hybridized carbons (Fsp3) is 0.125. The molecule has 0 fully saturated rings. The number of hydrogen-bond donors (Lipinski definition) is 2. The lowest BCUT2D eigenvalue weighted by atomic mass is 10.0. The van der Waals surface area contributed by atoms with E-state index in [2.05, 4.69) is 34.4 Å². The topological polar surface area (TPSA) is 102 Å². The van der Waals surface area contributed by atoms with Crippen LogP contribution in [0.2, 0.25) is 0 Å². The van der Waals surface area contributed by atoms with Gasteiger partial charge in [0.25, 0.3) is 5.89 Å². The number of carboxylic acids is 1. The number of hydrogen-bond acceptors (Lipinski definition) is 5. The lowest BCUT2D eigenvalue weighted by molar-refractivity contribution is -0.138. The largest absolute Gasteiger partial charge is 0.480 e. The minimum Gasteiger partial charge on any atom is -0.480 e. The van der Waals surface area contributed by atoms with Gasteiger partial charge in [-0.3, -0.25) is 4.79 Å². The van der Waals surface area contributed by atoms with Gasteiger partial charge in [-0.1, -0.05) is 71.9 Å². The highest BCUT2D eigenvalue weighted by Crippen LogP contribution is 2.23. The lowest BCUT2D eigenvalue weighted by Gasteiger charge is -2.06. The summed E-state index contributed by atoms with van der Waals surface area (Å²) in [5, 5.41) is 13.0. The zero-order valence-corrected chi connectivity index (χ0v) is 17.5. The van der Waals surface area contributed by atoms with E-state index in [4.69, 9.17) is 15.4 Å². The van der Waals surface area contributed by atoms with Gasteiger partial charge in [-0.25, -0.2) is 0 Å². The van der Waals surface area contributed by atoms with Crippen LogP contribution in [-0.4, -0.2) is 27.3 Å². The van der Waals surface area contributed by atoms with E-state index in [-0.39, 0.29) is 18.8 Å². The van der Waals surface area contributed by atoms with Crippen LogP contribution in [0.25, 0.3) is 22.8 Å². The van der Waals surface area contributed by atoms with E-state index in [0.29, 0.717) is 11.7 Å². The minimum absolute atomic E-state index is 0. The van der Waals surface area contributed by atoms with Crippen LogP contribution in [-0.2, 0) is 17.6 Å².